The first kappa shape index (κ1) is 18.6. The minimum atomic E-state index is 0.111. The molecule has 1 saturated carbocycles. The summed E-state index contributed by atoms with van der Waals surface area (Å²) in [5.74, 6) is 1.70. The lowest BCUT2D eigenvalue weighted by Gasteiger charge is -2.09. The van der Waals surface area contributed by atoms with Crippen LogP contribution in [0.15, 0.2) is 24.3 Å². The molecule has 136 valence electrons. The number of amides is 2. The molecule has 0 radical (unpaired) electrons. The molecule has 1 atom stereocenters. The van der Waals surface area contributed by atoms with Crippen LogP contribution in [0.1, 0.15) is 50.5 Å². The molecular formula is C19H26N2O2S2. The molecule has 1 heterocycles. The smallest absolute Gasteiger partial charge is 0.227 e. The molecule has 0 spiro atoms. The van der Waals surface area contributed by atoms with Gasteiger partial charge in [0.15, 0.2) is 0 Å². The molecule has 2 N–H and O–H groups in total. The predicted octanol–water partition coefficient (Wildman–Crippen LogP) is 4.37. The van der Waals surface area contributed by atoms with E-state index in [-0.39, 0.29) is 17.7 Å². The Morgan fingerprint density at radius 1 is 1.16 bits per heavy atom. The molecular weight excluding hydrogens is 352 g/mol. The van der Waals surface area contributed by atoms with Gasteiger partial charge in [0.05, 0.1) is 0 Å². The largest absolute Gasteiger partial charge is 0.352 e. The van der Waals surface area contributed by atoms with Crippen molar-refractivity contribution in [3.05, 3.63) is 29.8 Å². The van der Waals surface area contributed by atoms with Gasteiger partial charge < -0.3 is 10.6 Å². The van der Waals surface area contributed by atoms with Gasteiger partial charge in [-0.1, -0.05) is 40.1 Å². The zero-order chi connectivity index (χ0) is 17.5. The number of carbonyl (C=O) groups is 2. The van der Waals surface area contributed by atoms with Crippen molar-refractivity contribution in [1.82, 2.24) is 5.32 Å². The average molecular weight is 379 g/mol. The van der Waals surface area contributed by atoms with Crippen LogP contribution in [0.4, 0.5) is 5.69 Å². The van der Waals surface area contributed by atoms with Gasteiger partial charge >= 0.3 is 0 Å². The van der Waals surface area contributed by atoms with E-state index in [0.29, 0.717) is 13.0 Å². The number of nitrogens with one attached hydrogen (secondary N) is 2. The van der Waals surface area contributed by atoms with Gasteiger partial charge in [-0.2, -0.15) is 0 Å². The van der Waals surface area contributed by atoms with E-state index < -0.39 is 0 Å². The molecule has 1 aromatic carbocycles. The highest BCUT2D eigenvalue weighted by Crippen LogP contribution is 2.39. The highest BCUT2D eigenvalue weighted by Gasteiger charge is 2.29. The summed E-state index contributed by atoms with van der Waals surface area (Å²) in [6.45, 7) is 0.515. The van der Waals surface area contributed by atoms with Gasteiger partial charge in [-0.25, -0.2) is 0 Å². The van der Waals surface area contributed by atoms with Crippen LogP contribution < -0.4 is 10.6 Å². The van der Waals surface area contributed by atoms with Crippen LogP contribution in [-0.4, -0.2) is 22.8 Å². The van der Waals surface area contributed by atoms with Crippen molar-refractivity contribution in [3.63, 3.8) is 0 Å². The first-order valence-corrected chi connectivity index (χ1v) is 11.5. The molecule has 2 fully saturated rings. The summed E-state index contributed by atoms with van der Waals surface area (Å²) in [5.41, 5.74) is 1.83. The maximum absolute atomic E-state index is 12.0. The van der Waals surface area contributed by atoms with Crippen LogP contribution >= 0.6 is 21.6 Å². The van der Waals surface area contributed by atoms with Crippen LogP contribution in [0.25, 0.3) is 0 Å². The standard InChI is InChI=1S/C19H26N2O2S2/c22-18(7-2-1-6-17-10-11-24-25-17)20-13-14-4-3-5-16(12-14)21-19(23)15-8-9-15/h3-5,12,15,17H,1-2,6-11,13H2,(H,20,22)(H,21,23)/t17-/m1/s1. The van der Waals surface area contributed by atoms with E-state index in [2.05, 4.69) is 10.6 Å². The Balaban J connectivity index is 1.33. The van der Waals surface area contributed by atoms with Gasteiger partial charge in [0.1, 0.15) is 0 Å². The van der Waals surface area contributed by atoms with Crippen LogP contribution in [0.2, 0.25) is 0 Å². The quantitative estimate of drug-likeness (QED) is 0.495. The normalized spacial score (nSPS) is 19.6. The predicted molar refractivity (Wildman–Crippen MR) is 107 cm³/mol. The molecule has 25 heavy (non-hydrogen) atoms. The number of rotatable bonds is 9. The Morgan fingerprint density at radius 2 is 2.04 bits per heavy atom. The van der Waals surface area contributed by atoms with E-state index in [1.165, 1.54) is 18.6 Å². The monoisotopic (exact) mass is 378 g/mol. The van der Waals surface area contributed by atoms with E-state index in [9.17, 15) is 9.59 Å². The van der Waals surface area contributed by atoms with E-state index in [1.54, 1.807) is 0 Å². The molecule has 1 saturated heterocycles. The fourth-order valence-electron chi connectivity index (χ4n) is 2.86. The Kier molecular flexibility index (Phi) is 7.11. The molecule has 6 heteroatoms. The van der Waals surface area contributed by atoms with Crippen molar-refractivity contribution in [2.75, 3.05) is 11.1 Å². The lowest BCUT2D eigenvalue weighted by Crippen LogP contribution is -2.22. The van der Waals surface area contributed by atoms with Crippen molar-refractivity contribution in [3.8, 4) is 0 Å². The Bertz CT molecular complexity index is 599. The van der Waals surface area contributed by atoms with Gasteiger partial charge in [-0.15, -0.1) is 0 Å². The molecule has 2 amide bonds. The second-order valence-electron chi connectivity index (χ2n) is 6.82. The molecule has 1 aliphatic carbocycles. The fourth-order valence-corrected chi connectivity index (χ4v) is 5.89. The Labute approximate surface area is 157 Å². The zero-order valence-corrected chi connectivity index (χ0v) is 16.1. The number of hydrogen-bond acceptors (Lipinski definition) is 4. The van der Waals surface area contributed by atoms with Gasteiger partial charge in [-0.3, -0.25) is 9.59 Å². The minimum absolute atomic E-state index is 0.111. The Morgan fingerprint density at radius 3 is 2.80 bits per heavy atom. The van der Waals surface area contributed by atoms with Crippen molar-refractivity contribution in [2.24, 2.45) is 5.92 Å². The molecule has 0 unspecified atom stereocenters. The molecule has 4 nitrogen and oxygen atoms in total. The van der Waals surface area contributed by atoms with Crippen molar-refractivity contribution >= 4 is 39.1 Å². The van der Waals surface area contributed by atoms with E-state index >= 15 is 0 Å². The molecule has 1 aliphatic heterocycles. The minimum Gasteiger partial charge on any atom is -0.352 e. The summed E-state index contributed by atoms with van der Waals surface area (Å²) in [7, 11) is 3.98. The van der Waals surface area contributed by atoms with E-state index in [4.69, 9.17) is 0 Å². The van der Waals surface area contributed by atoms with Crippen LogP contribution in [0.3, 0.4) is 0 Å². The molecule has 0 bridgehead atoms. The lowest BCUT2D eigenvalue weighted by atomic mass is 10.1. The van der Waals surface area contributed by atoms with Crippen molar-refractivity contribution < 1.29 is 9.59 Å². The Hall–Kier alpha value is -1.14. The van der Waals surface area contributed by atoms with E-state index in [1.807, 2.05) is 45.9 Å². The second kappa shape index (κ2) is 9.53. The summed E-state index contributed by atoms with van der Waals surface area (Å²) >= 11 is 0. The highest BCUT2D eigenvalue weighted by atomic mass is 33.1. The molecule has 0 aromatic heterocycles. The third-order valence-electron chi connectivity index (χ3n) is 4.54. The molecule has 1 aromatic rings. The lowest BCUT2D eigenvalue weighted by molar-refractivity contribution is -0.121. The first-order chi connectivity index (χ1) is 12.2. The van der Waals surface area contributed by atoms with Crippen LogP contribution in [0.5, 0.6) is 0 Å². The first-order valence-electron chi connectivity index (χ1n) is 9.15. The van der Waals surface area contributed by atoms with Crippen molar-refractivity contribution in [2.45, 2.75) is 56.7 Å². The number of hydrogen-bond donors (Lipinski definition) is 2. The van der Waals surface area contributed by atoms with Gasteiger partial charge in [0.2, 0.25) is 11.8 Å². The number of carbonyl (C=O) groups excluding carboxylic acids is 2. The summed E-state index contributed by atoms with van der Waals surface area (Å²) in [4.78, 5) is 23.8. The second-order valence-corrected chi connectivity index (χ2v) is 9.60. The maximum Gasteiger partial charge on any atom is 0.227 e. The fraction of sp³-hybridized carbons (Fsp3) is 0.579. The summed E-state index contributed by atoms with van der Waals surface area (Å²) in [6, 6.07) is 7.73. The summed E-state index contributed by atoms with van der Waals surface area (Å²) in [5, 5.41) is 6.72. The SMILES string of the molecule is O=C(CCCC[C@@H]1CCSS1)NCc1cccc(NC(=O)C2CC2)c1. The van der Waals surface area contributed by atoms with Crippen LogP contribution in [-0.2, 0) is 16.1 Å². The summed E-state index contributed by atoms with van der Waals surface area (Å²) < 4.78 is 0. The molecule has 3 rings (SSSR count). The number of benzene rings is 1. The average Bonchev–Trinajstić information content (AvgIpc) is 3.34. The molecule has 2 aliphatic rings. The zero-order valence-electron chi connectivity index (χ0n) is 14.5. The maximum atomic E-state index is 12.0. The van der Waals surface area contributed by atoms with E-state index in [0.717, 1.165) is 42.2 Å². The third kappa shape index (κ3) is 6.59. The summed E-state index contributed by atoms with van der Waals surface area (Å²) in [6.07, 6.45) is 7.24. The van der Waals surface area contributed by atoms with Gasteiger partial charge in [-0.05, 0) is 49.8 Å². The van der Waals surface area contributed by atoms with Crippen molar-refractivity contribution in [1.29, 1.82) is 0 Å². The third-order valence-corrected chi connectivity index (χ3v) is 7.55. The topological polar surface area (TPSA) is 58.2 Å². The van der Waals surface area contributed by atoms with Gasteiger partial charge in [0.25, 0.3) is 0 Å². The number of anilines is 1. The van der Waals surface area contributed by atoms with Crippen LogP contribution in [0, 0.1) is 5.92 Å². The number of unbranched alkanes of at least 4 members (excludes halogenated alkanes) is 1. The van der Waals surface area contributed by atoms with Gasteiger partial charge in [0, 0.05) is 35.6 Å². The highest BCUT2D eigenvalue weighted by molar-refractivity contribution is 8.77.